The summed E-state index contributed by atoms with van der Waals surface area (Å²) in [5, 5.41) is 0. The van der Waals surface area contributed by atoms with Gasteiger partial charge in [-0.1, -0.05) is 18.2 Å². The fourth-order valence-corrected chi connectivity index (χ4v) is 3.07. The van der Waals surface area contributed by atoms with Gasteiger partial charge in [-0.15, -0.1) is 11.3 Å². The minimum absolute atomic E-state index is 0.842. The summed E-state index contributed by atoms with van der Waals surface area (Å²) in [6.07, 6.45) is 1.90. The van der Waals surface area contributed by atoms with Gasteiger partial charge in [0.1, 0.15) is 0 Å². The maximum Gasteiger partial charge on any atom is 0.0961 e. The predicted octanol–water partition coefficient (Wildman–Crippen LogP) is 3.69. The van der Waals surface area contributed by atoms with Crippen molar-refractivity contribution in [3.63, 3.8) is 0 Å². The van der Waals surface area contributed by atoms with Crippen LogP contribution in [0.5, 0.6) is 0 Å². The van der Waals surface area contributed by atoms with Crippen molar-refractivity contribution < 1.29 is 0 Å². The molecule has 0 aliphatic carbocycles. The van der Waals surface area contributed by atoms with Crippen molar-refractivity contribution >= 4 is 32.6 Å². The van der Waals surface area contributed by atoms with E-state index < -0.39 is 0 Å². The van der Waals surface area contributed by atoms with Gasteiger partial charge < -0.3 is 4.57 Å². The third kappa shape index (κ3) is 1.81. The summed E-state index contributed by atoms with van der Waals surface area (Å²) in [5.74, 6) is 0. The number of imidazole rings is 1. The van der Waals surface area contributed by atoms with Gasteiger partial charge in [-0.3, -0.25) is 0 Å². The molecule has 4 heteroatoms. The Morgan fingerprint density at radius 3 is 2.95 bits per heavy atom. The number of hydrogen-bond donors (Lipinski definition) is 0. The third-order valence-corrected chi connectivity index (χ3v) is 4.07. The average Bonchev–Trinajstić information content (AvgIpc) is 3.06. The molecule has 0 radical (unpaired) electrons. The molecule has 2 aromatic heterocycles. The normalized spacial score (nSPS) is 11.4. The van der Waals surface area contributed by atoms with Crippen molar-refractivity contribution in [3.8, 4) is 0 Å². The molecule has 0 fully saturated rings. The van der Waals surface area contributed by atoms with E-state index in [1.54, 1.807) is 11.3 Å². The Hall–Kier alpha value is -2.20. The molecule has 3 nitrogen and oxygen atoms in total. The summed E-state index contributed by atoms with van der Waals surface area (Å²) >= 11 is 1.68. The Labute approximate surface area is 114 Å². The molecule has 0 spiro atoms. The van der Waals surface area contributed by atoms with Crippen LogP contribution >= 0.6 is 11.3 Å². The first kappa shape index (κ1) is 10.7. The zero-order chi connectivity index (χ0) is 12.7. The Balaban J connectivity index is 1.77. The number of fused-ring (bicyclic) bond motifs is 2. The fraction of sp³-hybridized carbons (Fsp3) is 0.0667. The molecule has 0 bridgehead atoms. The van der Waals surface area contributed by atoms with Gasteiger partial charge in [-0.2, -0.15) is 0 Å². The monoisotopic (exact) mass is 265 g/mol. The van der Waals surface area contributed by atoms with E-state index >= 15 is 0 Å². The molecule has 0 atom stereocenters. The van der Waals surface area contributed by atoms with Crippen LogP contribution in [0.1, 0.15) is 5.56 Å². The van der Waals surface area contributed by atoms with Gasteiger partial charge in [0.2, 0.25) is 0 Å². The van der Waals surface area contributed by atoms with Gasteiger partial charge in [-0.05, 0) is 29.8 Å². The van der Waals surface area contributed by atoms with Gasteiger partial charge in [0.25, 0.3) is 0 Å². The molecule has 0 saturated carbocycles. The number of hydrogen-bond acceptors (Lipinski definition) is 3. The maximum absolute atomic E-state index is 4.42. The van der Waals surface area contributed by atoms with E-state index in [1.807, 2.05) is 30.0 Å². The Morgan fingerprint density at radius 1 is 1.00 bits per heavy atom. The molecule has 0 N–H and O–H groups in total. The van der Waals surface area contributed by atoms with E-state index in [9.17, 15) is 0 Å². The van der Waals surface area contributed by atoms with Gasteiger partial charge in [0, 0.05) is 6.54 Å². The molecule has 4 rings (SSSR count). The zero-order valence-electron chi connectivity index (χ0n) is 10.2. The van der Waals surface area contributed by atoms with E-state index in [1.165, 1.54) is 15.8 Å². The molecule has 0 aliphatic heterocycles. The number of para-hydroxylation sites is 2. The first-order valence-corrected chi connectivity index (χ1v) is 7.00. The predicted molar refractivity (Wildman–Crippen MR) is 78.5 cm³/mol. The quantitative estimate of drug-likeness (QED) is 0.553. The molecule has 2 heterocycles. The SMILES string of the molecule is c1ccc2c(c1)ncn2Cc1ccc2ncsc2c1. The molecule has 0 amide bonds. The van der Waals surface area contributed by atoms with E-state index in [-0.39, 0.29) is 0 Å². The standard InChI is InChI=1S/C15H11N3S/c1-2-4-14-12(3-1)16-9-18(14)8-11-5-6-13-15(7-11)19-10-17-13/h1-7,9-10H,8H2. The van der Waals surface area contributed by atoms with Crippen LogP contribution in [0.4, 0.5) is 0 Å². The van der Waals surface area contributed by atoms with Crippen LogP contribution in [-0.2, 0) is 6.54 Å². The number of nitrogens with zero attached hydrogens (tertiary/aromatic N) is 3. The highest BCUT2D eigenvalue weighted by Gasteiger charge is 2.03. The molecule has 19 heavy (non-hydrogen) atoms. The van der Waals surface area contributed by atoms with Crippen molar-refractivity contribution in [2.75, 3.05) is 0 Å². The fourth-order valence-electron chi connectivity index (χ4n) is 2.33. The highest BCUT2D eigenvalue weighted by molar-refractivity contribution is 7.16. The minimum atomic E-state index is 0.842. The van der Waals surface area contributed by atoms with Crippen LogP contribution in [-0.4, -0.2) is 14.5 Å². The van der Waals surface area contributed by atoms with Crippen molar-refractivity contribution in [2.24, 2.45) is 0 Å². The van der Waals surface area contributed by atoms with Crippen LogP contribution < -0.4 is 0 Å². The van der Waals surface area contributed by atoms with Gasteiger partial charge in [0.05, 0.1) is 33.1 Å². The van der Waals surface area contributed by atoms with Crippen LogP contribution in [0.2, 0.25) is 0 Å². The van der Waals surface area contributed by atoms with Crippen molar-refractivity contribution in [2.45, 2.75) is 6.54 Å². The van der Waals surface area contributed by atoms with Gasteiger partial charge in [0.15, 0.2) is 0 Å². The van der Waals surface area contributed by atoms with E-state index in [0.29, 0.717) is 0 Å². The molecule has 0 saturated heterocycles. The number of thiazole rings is 1. The van der Waals surface area contributed by atoms with Crippen molar-refractivity contribution in [1.29, 1.82) is 0 Å². The lowest BCUT2D eigenvalue weighted by atomic mass is 10.2. The Bertz CT molecular complexity index is 860. The third-order valence-electron chi connectivity index (χ3n) is 3.28. The van der Waals surface area contributed by atoms with Gasteiger partial charge >= 0.3 is 0 Å². The smallest absolute Gasteiger partial charge is 0.0961 e. The maximum atomic E-state index is 4.42. The van der Waals surface area contributed by atoms with E-state index in [4.69, 9.17) is 0 Å². The Kier molecular flexibility index (Phi) is 2.35. The summed E-state index contributed by atoms with van der Waals surface area (Å²) in [7, 11) is 0. The summed E-state index contributed by atoms with van der Waals surface area (Å²) < 4.78 is 3.42. The number of aromatic nitrogens is 3. The van der Waals surface area contributed by atoms with Crippen LogP contribution in [0.25, 0.3) is 21.3 Å². The van der Waals surface area contributed by atoms with E-state index in [2.05, 4.69) is 38.8 Å². The zero-order valence-corrected chi connectivity index (χ0v) is 11.0. The Morgan fingerprint density at radius 2 is 1.95 bits per heavy atom. The highest BCUT2D eigenvalue weighted by atomic mass is 32.1. The first-order valence-electron chi connectivity index (χ1n) is 6.12. The first-order chi connectivity index (χ1) is 9.40. The van der Waals surface area contributed by atoms with Crippen molar-refractivity contribution in [3.05, 3.63) is 59.9 Å². The van der Waals surface area contributed by atoms with Crippen LogP contribution in [0.3, 0.4) is 0 Å². The summed E-state index contributed by atoms with van der Waals surface area (Å²) in [4.78, 5) is 8.73. The largest absolute Gasteiger partial charge is 0.326 e. The van der Waals surface area contributed by atoms with Crippen LogP contribution in [0, 0.1) is 0 Å². The molecule has 0 unspecified atom stereocenters. The molecular formula is C15H11N3S. The summed E-state index contributed by atoms with van der Waals surface area (Å²) in [5.41, 5.74) is 6.46. The van der Waals surface area contributed by atoms with Crippen LogP contribution in [0.15, 0.2) is 54.3 Å². The topological polar surface area (TPSA) is 30.7 Å². The molecule has 0 aliphatic rings. The molecular weight excluding hydrogens is 254 g/mol. The second kappa shape index (κ2) is 4.17. The second-order valence-electron chi connectivity index (χ2n) is 4.52. The summed E-state index contributed by atoms with van der Waals surface area (Å²) in [6.45, 7) is 0.842. The lowest BCUT2D eigenvalue weighted by Gasteiger charge is -2.04. The minimum Gasteiger partial charge on any atom is -0.326 e. The molecule has 92 valence electrons. The second-order valence-corrected chi connectivity index (χ2v) is 5.40. The van der Waals surface area contributed by atoms with Crippen molar-refractivity contribution in [1.82, 2.24) is 14.5 Å². The molecule has 2 aromatic carbocycles. The molecule has 4 aromatic rings. The lowest BCUT2D eigenvalue weighted by molar-refractivity contribution is 0.826. The van der Waals surface area contributed by atoms with E-state index in [0.717, 1.165) is 17.6 Å². The van der Waals surface area contributed by atoms with Gasteiger partial charge in [-0.25, -0.2) is 9.97 Å². The number of rotatable bonds is 2. The summed E-state index contributed by atoms with van der Waals surface area (Å²) in [6, 6.07) is 14.6. The average molecular weight is 265 g/mol. The lowest BCUT2D eigenvalue weighted by Crippen LogP contribution is -1.97. The number of benzene rings is 2. The highest BCUT2D eigenvalue weighted by Crippen LogP contribution is 2.20.